The van der Waals surface area contributed by atoms with Crippen molar-refractivity contribution in [1.82, 2.24) is 9.80 Å². The first-order chi connectivity index (χ1) is 16.7. The predicted molar refractivity (Wildman–Crippen MR) is 136 cm³/mol. The molecule has 0 N–H and O–H groups in total. The van der Waals surface area contributed by atoms with Crippen LogP contribution in [-0.4, -0.2) is 60.6 Å². The minimum atomic E-state index is -0.376. The lowest BCUT2D eigenvalue weighted by Gasteiger charge is -2.34. The zero-order chi connectivity index (χ0) is 23.6. The van der Waals surface area contributed by atoms with Gasteiger partial charge in [0.15, 0.2) is 0 Å². The number of nitro groups is 1. The van der Waals surface area contributed by atoms with Crippen molar-refractivity contribution in [3.05, 3.63) is 118 Å². The van der Waals surface area contributed by atoms with Gasteiger partial charge in [-0.05, 0) is 28.8 Å². The molecule has 34 heavy (non-hydrogen) atoms. The number of ether oxygens (including phenoxy) is 1. The number of rotatable bonds is 10. The fourth-order valence-electron chi connectivity index (χ4n) is 4.18. The van der Waals surface area contributed by atoms with Gasteiger partial charge in [-0.3, -0.25) is 19.9 Å². The highest BCUT2D eigenvalue weighted by Gasteiger charge is 2.19. The second kappa shape index (κ2) is 12.2. The first kappa shape index (κ1) is 23.8. The number of hydrogen-bond donors (Lipinski definition) is 0. The topological polar surface area (TPSA) is 58.9 Å². The van der Waals surface area contributed by atoms with Crippen LogP contribution in [0.1, 0.15) is 22.8 Å². The lowest BCUT2D eigenvalue weighted by molar-refractivity contribution is -0.384. The summed E-state index contributed by atoms with van der Waals surface area (Å²) < 4.78 is 6.32. The van der Waals surface area contributed by atoms with Gasteiger partial charge in [0.1, 0.15) is 6.10 Å². The lowest BCUT2D eigenvalue weighted by atomic mass is 10.0. The average Bonchev–Trinajstić information content (AvgIpc) is 2.89. The molecule has 1 fully saturated rings. The van der Waals surface area contributed by atoms with Crippen LogP contribution in [-0.2, 0) is 4.74 Å². The molecule has 0 amide bonds. The van der Waals surface area contributed by atoms with Gasteiger partial charge in [-0.1, -0.05) is 72.8 Å². The second-order valence-electron chi connectivity index (χ2n) is 8.47. The Labute approximate surface area is 201 Å². The largest absolute Gasteiger partial charge is 0.367 e. The van der Waals surface area contributed by atoms with Crippen LogP contribution in [0.5, 0.6) is 0 Å². The molecule has 1 heterocycles. The van der Waals surface area contributed by atoms with Crippen LogP contribution in [0.4, 0.5) is 5.69 Å². The van der Waals surface area contributed by atoms with E-state index in [4.69, 9.17) is 4.74 Å². The van der Waals surface area contributed by atoms with Crippen molar-refractivity contribution in [2.75, 3.05) is 45.9 Å². The van der Waals surface area contributed by atoms with Crippen molar-refractivity contribution in [2.45, 2.75) is 6.10 Å². The summed E-state index contributed by atoms with van der Waals surface area (Å²) >= 11 is 0. The van der Waals surface area contributed by atoms with E-state index in [0.717, 1.165) is 50.4 Å². The number of nitrogens with zero attached hydrogens (tertiary/aromatic N) is 3. The van der Waals surface area contributed by atoms with Crippen LogP contribution in [0.15, 0.2) is 91.0 Å². The third kappa shape index (κ3) is 6.84. The van der Waals surface area contributed by atoms with Crippen molar-refractivity contribution in [3.63, 3.8) is 0 Å². The van der Waals surface area contributed by atoms with E-state index in [2.05, 4.69) is 46.2 Å². The van der Waals surface area contributed by atoms with E-state index < -0.39 is 0 Å². The second-order valence-corrected chi connectivity index (χ2v) is 8.47. The van der Waals surface area contributed by atoms with Crippen molar-refractivity contribution in [1.29, 1.82) is 0 Å². The molecule has 1 aliphatic heterocycles. The van der Waals surface area contributed by atoms with Crippen LogP contribution in [0.25, 0.3) is 6.08 Å². The van der Waals surface area contributed by atoms with Crippen molar-refractivity contribution in [3.8, 4) is 0 Å². The number of benzene rings is 3. The zero-order valence-corrected chi connectivity index (χ0v) is 19.3. The maximum Gasteiger partial charge on any atom is 0.269 e. The Morgan fingerprint density at radius 2 is 1.41 bits per heavy atom. The Kier molecular flexibility index (Phi) is 8.57. The number of hydrogen-bond acceptors (Lipinski definition) is 5. The van der Waals surface area contributed by atoms with Gasteiger partial charge in [0.2, 0.25) is 0 Å². The van der Waals surface area contributed by atoms with E-state index in [9.17, 15) is 10.1 Å². The lowest BCUT2D eigenvalue weighted by Crippen LogP contribution is -2.47. The Morgan fingerprint density at radius 1 is 0.824 bits per heavy atom. The van der Waals surface area contributed by atoms with Crippen LogP contribution in [0.3, 0.4) is 0 Å². The van der Waals surface area contributed by atoms with E-state index in [0.29, 0.717) is 6.61 Å². The fourth-order valence-corrected chi connectivity index (χ4v) is 4.18. The summed E-state index contributed by atoms with van der Waals surface area (Å²) in [7, 11) is 0. The van der Waals surface area contributed by atoms with E-state index in [-0.39, 0.29) is 16.7 Å². The molecule has 6 nitrogen and oxygen atoms in total. The molecule has 0 radical (unpaired) electrons. The highest BCUT2D eigenvalue weighted by atomic mass is 16.6. The van der Waals surface area contributed by atoms with Crippen LogP contribution in [0.2, 0.25) is 0 Å². The van der Waals surface area contributed by atoms with Crippen LogP contribution >= 0.6 is 0 Å². The predicted octanol–water partition coefficient (Wildman–Crippen LogP) is 5.03. The third-order valence-electron chi connectivity index (χ3n) is 6.14. The highest BCUT2D eigenvalue weighted by Crippen LogP contribution is 2.27. The van der Waals surface area contributed by atoms with E-state index in [1.165, 1.54) is 5.56 Å². The smallest absolute Gasteiger partial charge is 0.269 e. The molecule has 0 saturated carbocycles. The van der Waals surface area contributed by atoms with Crippen molar-refractivity contribution >= 4 is 11.8 Å². The molecule has 0 bridgehead atoms. The molecular weight excluding hydrogens is 426 g/mol. The van der Waals surface area contributed by atoms with E-state index in [1.54, 1.807) is 24.3 Å². The monoisotopic (exact) mass is 457 g/mol. The summed E-state index contributed by atoms with van der Waals surface area (Å²) in [6.07, 6.45) is 4.18. The van der Waals surface area contributed by atoms with Gasteiger partial charge in [-0.25, -0.2) is 0 Å². The summed E-state index contributed by atoms with van der Waals surface area (Å²) in [5.41, 5.74) is 3.30. The molecule has 0 aromatic heterocycles. The normalized spacial score (nSPS) is 16.0. The van der Waals surface area contributed by atoms with Gasteiger partial charge in [-0.2, -0.15) is 0 Å². The molecular formula is C28H31N3O3. The average molecular weight is 458 g/mol. The maximum atomic E-state index is 11.0. The summed E-state index contributed by atoms with van der Waals surface area (Å²) in [6.45, 7) is 6.57. The molecule has 6 heteroatoms. The number of non-ortho nitro benzene ring substituents is 1. The maximum absolute atomic E-state index is 11.0. The van der Waals surface area contributed by atoms with Crippen LogP contribution in [0, 0.1) is 10.1 Å². The molecule has 1 saturated heterocycles. The Hall–Kier alpha value is -3.32. The van der Waals surface area contributed by atoms with E-state index in [1.807, 2.05) is 36.4 Å². The molecule has 4 rings (SSSR count). The quantitative estimate of drug-likeness (QED) is 0.316. The molecule has 1 atom stereocenters. The first-order valence-corrected chi connectivity index (χ1v) is 11.8. The summed E-state index contributed by atoms with van der Waals surface area (Å²) in [5, 5.41) is 11.0. The molecule has 0 spiro atoms. The van der Waals surface area contributed by atoms with Gasteiger partial charge in [0.05, 0.1) is 11.5 Å². The molecule has 176 valence electrons. The third-order valence-corrected chi connectivity index (χ3v) is 6.14. The number of nitro benzene ring substituents is 1. The Bertz CT molecular complexity index is 1050. The zero-order valence-electron chi connectivity index (χ0n) is 19.3. The van der Waals surface area contributed by atoms with Gasteiger partial charge in [-0.15, -0.1) is 0 Å². The molecule has 3 aromatic carbocycles. The van der Waals surface area contributed by atoms with Crippen LogP contribution < -0.4 is 0 Å². The molecule has 1 unspecified atom stereocenters. The Morgan fingerprint density at radius 3 is 2.06 bits per heavy atom. The minimum Gasteiger partial charge on any atom is -0.367 e. The summed E-state index contributed by atoms with van der Waals surface area (Å²) in [5.74, 6) is 0. The molecule has 1 aliphatic rings. The standard InChI is InChI=1S/C28H31N3O3/c32-31(33)27-15-13-26(14-16-27)28(25-11-5-2-6-12-25)34-23-22-30-20-18-29(19-21-30)17-7-10-24-8-3-1-4-9-24/h1-16,28H,17-23H2/b10-7+. The van der Waals surface area contributed by atoms with E-state index >= 15 is 0 Å². The van der Waals surface area contributed by atoms with Gasteiger partial charge < -0.3 is 4.74 Å². The minimum absolute atomic E-state index is 0.0899. The highest BCUT2D eigenvalue weighted by molar-refractivity contribution is 5.48. The SMILES string of the molecule is O=[N+]([O-])c1ccc(C(OCCN2CCN(C/C=C/c3ccccc3)CC2)c2ccccc2)cc1. The summed E-state index contributed by atoms with van der Waals surface area (Å²) in [4.78, 5) is 15.5. The van der Waals surface area contributed by atoms with Crippen molar-refractivity contribution < 1.29 is 9.66 Å². The summed E-state index contributed by atoms with van der Waals surface area (Å²) in [6, 6.07) is 27.1. The van der Waals surface area contributed by atoms with Gasteiger partial charge in [0, 0.05) is 51.4 Å². The van der Waals surface area contributed by atoms with Gasteiger partial charge in [0.25, 0.3) is 5.69 Å². The number of piperazine rings is 1. The fraction of sp³-hybridized carbons (Fsp3) is 0.286. The Balaban J connectivity index is 1.26. The first-order valence-electron chi connectivity index (χ1n) is 11.8. The van der Waals surface area contributed by atoms with Crippen molar-refractivity contribution in [2.24, 2.45) is 0 Å². The molecule has 3 aromatic rings. The molecule has 0 aliphatic carbocycles. The van der Waals surface area contributed by atoms with Gasteiger partial charge >= 0.3 is 0 Å².